The number of phenolic OH excluding ortho intramolecular Hbond substituents is 1. The summed E-state index contributed by atoms with van der Waals surface area (Å²) >= 11 is 0. The third-order valence-electron chi connectivity index (χ3n) is 7.02. The van der Waals surface area contributed by atoms with Crippen molar-refractivity contribution in [2.45, 2.75) is 51.7 Å². The van der Waals surface area contributed by atoms with Crippen molar-refractivity contribution in [3.8, 4) is 28.4 Å². The second kappa shape index (κ2) is 8.12. The van der Waals surface area contributed by atoms with Gasteiger partial charge in [0.2, 0.25) is 0 Å². The van der Waals surface area contributed by atoms with E-state index in [9.17, 15) is 9.90 Å². The van der Waals surface area contributed by atoms with Crippen LogP contribution in [0, 0.1) is 5.92 Å². The number of benzene rings is 2. The highest BCUT2D eigenvalue weighted by atomic mass is 16.5. The number of carbonyl (C=O) groups excluding carboxylic acids is 1. The summed E-state index contributed by atoms with van der Waals surface area (Å²) in [6.45, 7) is 6.43. The van der Waals surface area contributed by atoms with E-state index in [1.165, 1.54) is 12.7 Å². The third kappa shape index (κ3) is 3.52. The minimum absolute atomic E-state index is 0.00350. The highest BCUT2D eigenvalue weighted by Crippen LogP contribution is 2.56. The first-order valence-corrected chi connectivity index (χ1v) is 11.7. The van der Waals surface area contributed by atoms with E-state index in [-0.39, 0.29) is 29.3 Å². The fourth-order valence-corrected chi connectivity index (χ4v) is 5.76. The van der Waals surface area contributed by atoms with Crippen LogP contribution in [0.2, 0.25) is 0 Å². The molecule has 0 unspecified atom stereocenters. The SMILES string of the molecule is COC(=O)C1=C[C@@H]([C@@H]2Oc3ccc(O)c(OC)c3-c3ccc4c(c32)C(C)=CC(C)(C)N4)CCC1. The van der Waals surface area contributed by atoms with Gasteiger partial charge < -0.3 is 24.6 Å². The van der Waals surface area contributed by atoms with E-state index in [2.05, 4.69) is 44.3 Å². The van der Waals surface area contributed by atoms with Crippen LogP contribution in [0.25, 0.3) is 16.7 Å². The number of allylic oxidation sites excluding steroid dienone is 1. The zero-order valence-electron chi connectivity index (χ0n) is 20.3. The van der Waals surface area contributed by atoms with Crippen molar-refractivity contribution in [3.05, 3.63) is 53.1 Å². The Balaban J connectivity index is 1.76. The van der Waals surface area contributed by atoms with Gasteiger partial charge in [0.05, 0.1) is 25.3 Å². The van der Waals surface area contributed by atoms with Crippen molar-refractivity contribution in [2.75, 3.05) is 19.5 Å². The minimum atomic E-state index is -0.294. The first kappa shape index (κ1) is 22.4. The average molecular weight is 462 g/mol. The van der Waals surface area contributed by atoms with Gasteiger partial charge in [0.1, 0.15) is 11.9 Å². The van der Waals surface area contributed by atoms with Gasteiger partial charge in [0, 0.05) is 28.3 Å². The first-order valence-electron chi connectivity index (χ1n) is 11.7. The Kier molecular flexibility index (Phi) is 5.34. The molecule has 1 aliphatic carbocycles. The maximum Gasteiger partial charge on any atom is 0.333 e. The van der Waals surface area contributed by atoms with Crippen LogP contribution in [-0.4, -0.2) is 30.8 Å². The molecule has 0 saturated carbocycles. The van der Waals surface area contributed by atoms with E-state index in [1.54, 1.807) is 19.2 Å². The number of fused-ring (bicyclic) bond motifs is 5. The third-order valence-corrected chi connectivity index (χ3v) is 7.02. The molecule has 5 rings (SSSR count). The molecule has 34 heavy (non-hydrogen) atoms. The lowest BCUT2D eigenvalue weighted by Crippen LogP contribution is -2.33. The zero-order chi connectivity index (χ0) is 24.2. The van der Waals surface area contributed by atoms with Crippen LogP contribution in [0.1, 0.15) is 57.3 Å². The number of methoxy groups -OCH3 is 2. The number of anilines is 1. The molecule has 2 N–H and O–H groups in total. The molecule has 0 bridgehead atoms. The molecule has 0 aromatic heterocycles. The Bertz CT molecular complexity index is 1240. The molecule has 3 aliphatic rings. The van der Waals surface area contributed by atoms with Crippen LogP contribution >= 0.6 is 0 Å². The molecule has 0 amide bonds. The summed E-state index contributed by atoms with van der Waals surface area (Å²) in [4.78, 5) is 12.3. The fourth-order valence-electron chi connectivity index (χ4n) is 5.76. The Morgan fingerprint density at radius 2 is 1.97 bits per heavy atom. The Morgan fingerprint density at radius 1 is 1.18 bits per heavy atom. The Labute approximate surface area is 200 Å². The maximum absolute atomic E-state index is 12.3. The highest BCUT2D eigenvalue weighted by Gasteiger charge is 2.39. The lowest BCUT2D eigenvalue weighted by Gasteiger charge is -2.40. The Morgan fingerprint density at radius 3 is 2.71 bits per heavy atom. The molecule has 2 aromatic carbocycles. The summed E-state index contributed by atoms with van der Waals surface area (Å²) < 4.78 is 17.3. The number of hydrogen-bond acceptors (Lipinski definition) is 6. The second-order valence-corrected chi connectivity index (χ2v) is 9.89. The predicted molar refractivity (Wildman–Crippen MR) is 132 cm³/mol. The van der Waals surface area contributed by atoms with Crippen molar-refractivity contribution in [1.82, 2.24) is 0 Å². The lowest BCUT2D eigenvalue weighted by molar-refractivity contribution is -0.136. The molecule has 2 aliphatic heterocycles. The molecule has 2 heterocycles. The molecule has 0 spiro atoms. The maximum atomic E-state index is 12.3. The Hall–Kier alpha value is -3.41. The summed E-state index contributed by atoms with van der Waals surface area (Å²) in [6.07, 6.45) is 6.48. The van der Waals surface area contributed by atoms with Gasteiger partial charge in [-0.1, -0.05) is 18.2 Å². The molecule has 0 saturated heterocycles. The van der Waals surface area contributed by atoms with Gasteiger partial charge in [-0.2, -0.15) is 0 Å². The van der Waals surface area contributed by atoms with Gasteiger partial charge >= 0.3 is 5.97 Å². The van der Waals surface area contributed by atoms with E-state index in [0.717, 1.165) is 40.8 Å². The van der Waals surface area contributed by atoms with Crippen LogP contribution in [0.4, 0.5) is 5.69 Å². The lowest BCUT2D eigenvalue weighted by atomic mass is 9.76. The summed E-state index contributed by atoms with van der Waals surface area (Å²) in [5.41, 5.74) is 6.64. The highest BCUT2D eigenvalue weighted by molar-refractivity contribution is 5.92. The van der Waals surface area contributed by atoms with E-state index in [0.29, 0.717) is 23.5 Å². The van der Waals surface area contributed by atoms with Gasteiger partial charge in [-0.3, -0.25) is 0 Å². The molecular formula is C28H31NO5. The van der Waals surface area contributed by atoms with Gasteiger partial charge in [-0.25, -0.2) is 4.79 Å². The minimum Gasteiger partial charge on any atom is -0.504 e. The van der Waals surface area contributed by atoms with E-state index < -0.39 is 0 Å². The van der Waals surface area contributed by atoms with E-state index in [1.807, 2.05) is 6.08 Å². The second-order valence-electron chi connectivity index (χ2n) is 9.89. The molecule has 2 atom stereocenters. The van der Waals surface area contributed by atoms with Crippen LogP contribution in [0.5, 0.6) is 17.2 Å². The smallest absolute Gasteiger partial charge is 0.333 e. The fraction of sp³-hybridized carbons (Fsp3) is 0.393. The average Bonchev–Trinajstić information content (AvgIpc) is 2.81. The number of aromatic hydroxyl groups is 1. The quantitative estimate of drug-likeness (QED) is 0.545. The van der Waals surface area contributed by atoms with Gasteiger partial charge in [-0.15, -0.1) is 0 Å². The van der Waals surface area contributed by atoms with E-state index >= 15 is 0 Å². The number of phenols is 1. The standard InChI is InChI=1S/C28H31NO5/c1-15-14-28(2,3)29-19-10-9-18-23-21(12-11-20(30)26(23)32-4)34-25(24(18)22(15)19)16-7-6-8-17(13-16)27(31)33-5/h9-14,16,25,29-30H,6-8H2,1-5H3/t16-,25-/m0/s1. The van der Waals surface area contributed by atoms with Crippen molar-refractivity contribution < 1.29 is 24.1 Å². The summed E-state index contributed by atoms with van der Waals surface area (Å²) in [6, 6.07) is 7.57. The zero-order valence-corrected chi connectivity index (χ0v) is 20.3. The molecule has 2 aromatic rings. The number of esters is 1. The van der Waals surface area contributed by atoms with Crippen LogP contribution in [0.3, 0.4) is 0 Å². The summed E-state index contributed by atoms with van der Waals surface area (Å²) in [7, 11) is 2.98. The van der Waals surface area contributed by atoms with Crippen molar-refractivity contribution in [3.63, 3.8) is 0 Å². The van der Waals surface area contributed by atoms with Gasteiger partial charge in [-0.05, 0) is 69.4 Å². The normalized spacial score (nSPS) is 22.0. The number of carbonyl (C=O) groups is 1. The summed E-state index contributed by atoms with van der Waals surface area (Å²) in [5.74, 6) is 0.865. The molecule has 0 radical (unpaired) electrons. The molecule has 0 fully saturated rings. The monoisotopic (exact) mass is 461 g/mol. The number of ether oxygens (including phenoxy) is 3. The van der Waals surface area contributed by atoms with Crippen molar-refractivity contribution in [1.29, 1.82) is 0 Å². The van der Waals surface area contributed by atoms with Crippen LogP contribution < -0.4 is 14.8 Å². The van der Waals surface area contributed by atoms with Crippen molar-refractivity contribution in [2.24, 2.45) is 5.92 Å². The van der Waals surface area contributed by atoms with Crippen LogP contribution in [-0.2, 0) is 9.53 Å². The van der Waals surface area contributed by atoms with E-state index in [4.69, 9.17) is 14.2 Å². The van der Waals surface area contributed by atoms with Gasteiger partial charge in [0.15, 0.2) is 11.5 Å². The first-order chi connectivity index (χ1) is 16.2. The van der Waals surface area contributed by atoms with Crippen LogP contribution in [0.15, 0.2) is 42.0 Å². The molecule has 178 valence electrons. The molecular weight excluding hydrogens is 430 g/mol. The number of hydrogen-bond donors (Lipinski definition) is 2. The predicted octanol–water partition coefficient (Wildman–Crippen LogP) is 6.01. The number of nitrogens with one attached hydrogen (secondary N) is 1. The van der Waals surface area contributed by atoms with Crippen molar-refractivity contribution >= 4 is 17.2 Å². The molecule has 6 nitrogen and oxygen atoms in total. The van der Waals surface area contributed by atoms with Gasteiger partial charge in [0.25, 0.3) is 0 Å². The number of rotatable bonds is 3. The summed E-state index contributed by atoms with van der Waals surface area (Å²) in [5, 5.41) is 14.2. The molecule has 6 heteroatoms. The largest absolute Gasteiger partial charge is 0.504 e. The topological polar surface area (TPSA) is 77.0 Å².